The van der Waals surface area contributed by atoms with Crippen LogP contribution >= 0.6 is 22.9 Å². The topological polar surface area (TPSA) is 37.8 Å². The number of nitrogens with one attached hydrogen (secondary N) is 1. The summed E-state index contributed by atoms with van der Waals surface area (Å²) in [6, 6.07) is 2.19. The molecule has 0 aliphatic carbocycles. The van der Waals surface area contributed by atoms with Crippen LogP contribution in [0.2, 0.25) is 0 Å². The summed E-state index contributed by atoms with van der Waals surface area (Å²) in [5.41, 5.74) is 1.32. The lowest BCUT2D eigenvalue weighted by atomic mass is 10.3. The van der Waals surface area contributed by atoms with Crippen molar-refractivity contribution < 1.29 is 0 Å². The Labute approximate surface area is 91.0 Å². The highest BCUT2D eigenvalue weighted by molar-refractivity contribution is 7.10. The second-order valence-electron chi connectivity index (χ2n) is 3.09. The molecular weight excluding hydrogens is 214 g/mol. The molecule has 0 unspecified atom stereocenters. The third-order valence-corrected chi connectivity index (χ3v) is 3.54. The quantitative estimate of drug-likeness (QED) is 0.873. The van der Waals surface area contributed by atoms with Crippen molar-refractivity contribution in [1.82, 2.24) is 9.36 Å². The zero-order chi connectivity index (χ0) is 9.97. The van der Waals surface area contributed by atoms with Gasteiger partial charge in [0.1, 0.15) is 5.82 Å². The van der Waals surface area contributed by atoms with E-state index in [-0.39, 0.29) is 0 Å². The van der Waals surface area contributed by atoms with Crippen molar-refractivity contribution in [2.24, 2.45) is 0 Å². The van der Waals surface area contributed by atoms with Crippen LogP contribution in [0.15, 0.2) is 11.4 Å². The Balaban J connectivity index is 1.94. The van der Waals surface area contributed by atoms with Crippen molar-refractivity contribution in [2.75, 3.05) is 5.32 Å². The fraction of sp³-hybridized carbons (Fsp3) is 0.333. The van der Waals surface area contributed by atoms with E-state index >= 15 is 0 Å². The van der Waals surface area contributed by atoms with E-state index in [0.717, 1.165) is 17.5 Å². The predicted octanol–water partition coefficient (Wildman–Crippen LogP) is 2.83. The third kappa shape index (κ3) is 2.30. The van der Waals surface area contributed by atoms with Crippen LogP contribution in [0, 0.1) is 13.8 Å². The summed E-state index contributed by atoms with van der Waals surface area (Å²) in [5.74, 6) is 0.833. The van der Waals surface area contributed by atoms with Gasteiger partial charge in [0, 0.05) is 16.4 Å². The predicted molar refractivity (Wildman–Crippen MR) is 61.0 cm³/mol. The molecule has 0 aromatic carbocycles. The smallest absolute Gasteiger partial charge is 0.202 e. The summed E-state index contributed by atoms with van der Waals surface area (Å²) in [7, 11) is 0. The van der Waals surface area contributed by atoms with Gasteiger partial charge in [0.15, 0.2) is 0 Å². The standard InChI is InChI=1S/C9H11N3S2/c1-6-3-8(13-5-6)4-10-9-11-7(2)12-14-9/h3,5H,4H2,1-2H3,(H,10,11,12). The summed E-state index contributed by atoms with van der Waals surface area (Å²) in [5, 5.41) is 6.30. The van der Waals surface area contributed by atoms with Crippen LogP contribution in [0.1, 0.15) is 16.3 Å². The molecule has 14 heavy (non-hydrogen) atoms. The van der Waals surface area contributed by atoms with E-state index in [1.807, 2.05) is 6.92 Å². The minimum absolute atomic E-state index is 0.833. The Morgan fingerprint density at radius 3 is 2.86 bits per heavy atom. The molecule has 2 rings (SSSR count). The van der Waals surface area contributed by atoms with E-state index in [2.05, 4.69) is 33.0 Å². The van der Waals surface area contributed by atoms with Crippen LogP contribution in [-0.4, -0.2) is 9.36 Å². The van der Waals surface area contributed by atoms with Gasteiger partial charge >= 0.3 is 0 Å². The Kier molecular flexibility index (Phi) is 2.79. The lowest BCUT2D eigenvalue weighted by molar-refractivity contribution is 1.12. The summed E-state index contributed by atoms with van der Waals surface area (Å²) in [6.07, 6.45) is 0. The van der Waals surface area contributed by atoms with Crippen LogP contribution in [0.5, 0.6) is 0 Å². The van der Waals surface area contributed by atoms with Gasteiger partial charge in [-0.15, -0.1) is 11.3 Å². The van der Waals surface area contributed by atoms with Crippen molar-refractivity contribution in [1.29, 1.82) is 0 Å². The maximum absolute atomic E-state index is 4.23. The van der Waals surface area contributed by atoms with Gasteiger partial charge in [0.2, 0.25) is 5.13 Å². The van der Waals surface area contributed by atoms with Gasteiger partial charge in [-0.2, -0.15) is 4.37 Å². The number of rotatable bonds is 3. The van der Waals surface area contributed by atoms with Gasteiger partial charge in [-0.05, 0) is 30.9 Å². The number of hydrogen-bond donors (Lipinski definition) is 1. The van der Waals surface area contributed by atoms with Crippen molar-refractivity contribution in [3.8, 4) is 0 Å². The van der Waals surface area contributed by atoms with Crippen molar-refractivity contribution in [3.05, 3.63) is 27.7 Å². The molecule has 0 saturated carbocycles. The van der Waals surface area contributed by atoms with Crippen molar-refractivity contribution >= 4 is 28.0 Å². The molecule has 0 spiro atoms. The van der Waals surface area contributed by atoms with Gasteiger partial charge in [0.25, 0.3) is 0 Å². The van der Waals surface area contributed by atoms with E-state index in [0.29, 0.717) is 0 Å². The molecule has 0 radical (unpaired) electrons. The van der Waals surface area contributed by atoms with E-state index in [1.54, 1.807) is 11.3 Å². The maximum Gasteiger partial charge on any atom is 0.202 e. The molecule has 2 aromatic rings. The Morgan fingerprint density at radius 2 is 2.29 bits per heavy atom. The molecule has 2 aromatic heterocycles. The van der Waals surface area contributed by atoms with Gasteiger partial charge < -0.3 is 5.32 Å². The number of thiophene rings is 1. The zero-order valence-corrected chi connectivity index (χ0v) is 9.71. The largest absolute Gasteiger partial charge is 0.355 e. The van der Waals surface area contributed by atoms with Crippen LogP contribution in [0.4, 0.5) is 5.13 Å². The molecule has 2 heterocycles. The molecule has 74 valence electrons. The number of aryl methyl sites for hydroxylation is 2. The van der Waals surface area contributed by atoms with Crippen LogP contribution in [0.3, 0.4) is 0 Å². The van der Waals surface area contributed by atoms with Gasteiger partial charge in [0.05, 0.1) is 6.54 Å². The molecule has 0 aliphatic rings. The highest BCUT2D eigenvalue weighted by atomic mass is 32.1. The number of aromatic nitrogens is 2. The molecule has 1 N–H and O–H groups in total. The first-order valence-corrected chi connectivity index (χ1v) is 5.97. The second-order valence-corrected chi connectivity index (χ2v) is 4.84. The molecule has 0 saturated heterocycles. The second kappa shape index (κ2) is 4.06. The first kappa shape index (κ1) is 9.61. The number of nitrogens with zero attached hydrogens (tertiary/aromatic N) is 2. The maximum atomic E-state index is 4.23. The Bertz CT molecular complexity index is 379. The van der Waals surface area contributed by atoms with E-state index in [4.69, 9.17) is 0 Å². The molecule has 0 amide bonds. The minimum Gasteiger partial charge on any atom is -0.355 e. The molecule has 0 fully saturated rings. The SMILES string of the molecule is Cc1csc(CNc2nc(C)ns2)c1. The molecule has 0 atom stereocenters. The van der Waals surface area contributed by atoms with Crippen LogP contribution in [-0.2, 0) is 6.54 Å². The van der Waals surface area contributed by atoms with Crippen LogP contribution < -0.4 is 5.32 Å². The minimum atomic E-state index is 0.833. The van der Waals surface area contributed by atoms with E-state index in [9.17, 15) is 0 Å². The Hall–Kier alpha value is -0.940. The van der Waals surface area contributed by atoms with E-state index < -0.39 is 0 Å². The number of anilines is 1. The fourth-order valence-corrected chi connectivity index (χ4v) is 2.50. The zero-order valence-electron chi connectivity index (χ0n) is 8.07. The highest BCUT2D eigenvalue weighted by Crippen LogP contribution is 2.16. The summed E-state index contributed by atoms with van der Waals surface area (Å²) >= 11 is 3.18. The van der Waals surface area contributed by atoms with Gasteiger partial charge in [-0.1, -0.05) is 0 Å². The first-order valence-electron chi connectivity index (χ1n) is 4.32. The fourth-order valence-electron chi connectivity index (χ4n) is 1.11. The molecular formula is C9H11N3S2. The van der Waals surface area contributed by atoms with Crippen molar-refractivity contribution in [2.45, 2.75) is 20.4 Å². The molecule has 0 bridgehead atoms. The third-order valence-electron chi connectivity index (χ3n) is 1.73. The molecule has 0 aliphatic heterocycles. The lowest BCUT2D eigenvalue weighted by Gasteiger charge is -1.97. The average molecular weight is 225 g/mol. The normalized spacial score (nSPS) is 10.4. The first-order chi connectivity index (χ1) is 6.74. The molecule has 3 nitrogen and oxygen atoms in total. The van der Waals surface area contributed by atoms with Gasteiger partial charge in [-0.25, -0.2) is 4.98 Å². The lowest BCUT2D eigenvalue weighted by Crippen LogP contribution is -1.96. The highest BCUT2D eigenvalue weighted by Gasteiger charge is 2.00. The molecule has 5 heteroatoms. The van der Waals surface area contributed by atoms with E-state index in [1.165, 1.54) is 22.0 Å². The summed E-state index contributed by atoms with van der Waals surface area (Å²) < 4.78 is 4.11. The Morgan fingerprint density at radius 1 is 1.43 bits per heavy atom. The van der Waals surface area contributed by atoms with Crippen LogP contribution in [0.25, 0.3) is 0 Å². The monoisotopic (exact) mass is 225 g/mol. The average Bonchev–Trinajstić information content (AvgIpc) is 2.72. The van der Waals surface area contributed by atoms with Crippen molar-refractivity contribution in [3.63, 3.8) is 0 Å². The number of hydrogen-bond acceptors (Lipinski definition) is 5. The van der Waals surface area contributed by atoms with Gasteiger partial charge in [-0.3, -0.25) is 0 Å². The summed E-state index contributed by atoms with van der Waals surface area (Å²) in [6.45, 7) is 4.85. The summed E-state index contributed by atoms with van der Waals surface area (Å²) in [4.78, 5) is 5.56.